The number of aliphatic hydroxyl groups is 1. The largest absolute Gasteiger partial charge is 0.388 e. The fourth-order valence-electron chi connectivity index (χ4n) is 3.11. The quantitative estimate of drug-likeness (QED) is 0.739. The van der Waals surface area contributed by atoms with Gasteiger partial charge in [0.2, 0.25) is 0 Å². The van der Waals surface area contributed by atoms with Gasteiger partial charge in [0.25, 0.3) is 0 Å². The van der Waals surface area contributed by atoms with Crippen LogP contribution >= 0.6 is 11.6 Å². The van der Waals surface area contributed by atoms with E-state index in [4.69, 9.17) is 11.6 Å². The van der Waals surface area contributed by atoms with Crippen molar-refractivity contribution in [1.29, 1.82) is 0 Å². The smallest absolute Gasteiger partial charge is 0.164 e. The SMILES string of the molecule is O[C@H]1C[C@@H](Cn2cnc3c(Cl)ncnc32)c2ccccc21. The summed E-state index contributed by atoms with van der Waals surface area (Å²) in [6.45, 7) is 0.720. The number of hydrogen-bond donors (Lipinski definition) is 1. The van der Waals surface area contributed by atoms with Gasteiger partial charge in [0.1, 0.15) is 11.8 Å². The molecule has 6 heteroatoms. The summed E-state index contributed by atoms with van der Waals surface area (Å²) < 4.78 is 1.97. The monoisotopic (exact) mass is 300 g/mol. The van der Waals surface area contributed by atoms with Crippen molar-refractivity contribution in [3.8, 4) is 0 Å². The lowest BCUT2D eigenvalue weighted by atomic mass is 10.0. The molecule has 0 radical (unpaired) electrons. The molecule has 1 aliphatic carbocycles. The second kappa shape index (κ2) is 4.79. The molecule has 2 aromatic heterocycles. The third-order valence-electron chi connectivity index (χ3n) is 4.08. The van der Waals surface area contributed by atoms with Crippen molar-refractivity contribution >= 4 is 22.8 Å². The van der Waals surface area contributed by atoms with E-state index in [2.05, 4.69) is 21.0 Å². The highest BCUT2D eigenvalue weighted by Gasteiger charge is 2.29. The normalized spacial score (nSPS) is 20.9. The minimum Gasteiger partial charge on any atom is -0.388 e. The van der Waals surface area contributed by atoms with Crippen LogP contribution in [0.1, 0.15) is 29.6 Å². The topological polar surface area (TPSA) is 63.8 Å². The third kappa shape index (κ3) is 2.01. The van der Waals surface area contributed by atoms with Crippen molar-refractivity contribution in [3.63, 3.8) is 0 Å². The van der Waals surface area contributed by atoms with Crippen LogP contribution in [-0.2, 0) is 6.54 Å². The molecule has 2 atom stereocenters. The van der Waals surface area contributed by atoms with E-state index in [1.54, 1.807) is 6.33 Å². The minimum atomic E-state index is -0.390. The van der Waals surface area contributed by atoms with Crippen molar-refractivity contribution in [2.24, 2.45) is 0 Å². The molecule has 1 N–H and O–H groups in total. The van der Waals surface area contributed by atoms with Gasteiger partial charge in [0, 0.05) is 12.5 Å². The fourth-order valence-corrected chi connectivity index (χ4v) is 3.28. The molecule has 4 rings (SSSR count). The van der Waals surface area contributed by atoms with Crippen molar-refractivity contribution in [2.75, 3.05) is 0 Å². The Labute approximate surface area is 126 Å². The summed E-state index contributed by atoms with van der Waals surface area (Å²) in [6.07, 6.45) is 3.51. The summed E-state index contributed by atoms with van der Waals surface area (Å²) in [7, 11) is 0. The van der Waals surface area contributed by atoms with Gasteiger partial charge in [-0.2, -0.15) is 0 Å². The summed E-state index contributed by atoms with van der Waals surface area (Å²) >= 11 is 6.02. The van der Waals surface area contributed by atoms with Crippen LogP contribution in [0.25, 0.3) is 11.2 Å². The van der Waals surface area contributed by atoms with Gasteiger partial charge in [-0.15, -0.1) is 0 Å². The number of aliphatic hydroxyl groups excluding tert-OH is 1. The average Bonchev–Trinajstić information content (AvgIpc) is 3.04. The van der Waals surface area contributed by atoms with Crippen molar-refractivity contribution in [1.82, 2.24) is 19.5 Å². The van der Waals surface area contributed by atoms with Crippen LogP contribution in [0.4, 0.5) is 0 Å². The summed E-state index contributed by atoms with van der Waals surface area (Å²) in [6, 6.07) is 8.04. The maximum Gasteiger partial charge on any atom is 0.164 e. The lowest BCUT2D eigenvalue weighted by Crippen LogP contribution is -2.06. The van der Waals surface area contributed by atoms with Gasteiger partial charge in [0.15, 0.2) is 10.8 Å². The maximum atomic E-state index is 10.2. The number of rotatable bonds is 2. The second-order valence-electron chi connectivity index (χ2n) is 5.31. The Morgan fingerprint density at radius 1 is 1.19 bits per heavy atom. The second-order valence-corrected chi connectivity index (χ2v) is 5.67. The highest BCUT2D eigenvalue weighted by Crippen LogP contribution is 2.41. The zero-order valence-corrected chi connectivity index (χ0v) is 11.9. The number of halogens is 1. The Bertz CT molecular complexity index is 816. The lowest BCUT2D eigenvalue weighted by Gasteiger charge is -2.12. The van der Waals surface area contributed by atoms with Crippen LogP contribution in [0, 0.1) is 0 Å². The van der Waals surface area contributed by atoms with Crippen LogP contribution < -0.4 is 0 Å². The molecule has 0 unspecified atom stereocenters. The fraction of sp³-hybridized carbons (Fsp3) is 0.267. The zero-order valence-electron chi connectivity index (χ0n) is 11.1. The van der Waals surface area contributed by atoms with Gasteiger partial charge in [-0.25, -0.2) is 15.0 Å². The van der Waals surface area contributed by atoms with Gasteiger partial charge >= 0.3 is 0 Å². The van der Waals surface area contributed by atoms with Crippen LogP contribution in [0.15, 0.2) is 36.9 Å². The number of aromatic nitrogens is 4. The molecule has 0 spiro atoms. The van der Waals surface area contributed by atoms with E-state index in [1.807, 2.05) is 22.8 Å². The summed E-state index contributed by atoms with van der Waals surface area (Å²) in [5, 5.41) is 10.5. The molecule has 3 aromatic rings. The highest BCUT2D eigenvalue weighted by atomic mass is 35.5. The molecule has 1 aromatic carbocycles. The van der Waals surface area contributed by atoms with Crippen molar-refractivity contribution < 1.29 is 5.11 Å². The molecule has 2 heterocycles. The van der Waals surface area contributed by atoms with E-state index in [0.717, 1.165) is 24.2 Å². The first-order valence-corrected chi connectivity index (χ1v) is 7.20. The summed E-state index contributed by atoms with van der Waals surface area (Å²) in [4.78, 5) is 12.5. The zero-order chi connectivity index (χ0) is 14.4. The number of imidazole rings is 1. The van der Waals surface area contributed by atoms with E-state index in [9.17, 15) is 5.11 Å². The van der Waals surface area contributed by atoms with E-state index < -0.39 is 0 Å². The molecule has 0 fully saturated rings. The Balaban J connectivity index is 1.72. The third-order valence-corrected chi connectivity index (χ3v) is 4.35. The Hall–Kier alpha value is -1.98. The van der Waals surface area contributed by atoms with Gasteiger partial charge in [-0.1, -0.05) is 35.9 Å². The van der Waals surface area contributed by atoms with Crippen LogP contribution in [0.3, 0.4) is 0 Å². The molecular weight excluding hydrogens is 288 g/mol. The highest BCUT2D eigenvalue weighted by molar-refractivity contribution is 6.33. The predicted molar refractivity (Wildman–Crippen MR) is 79.1 cm³/mol. The van der Waals surface area contributed by atoms with E-state index >= 15 is 0 Å². The molecular formula is C15H13ClN4O. The lowest BCUT2D eigenvalue weighted by molar-refractivity contribution is 0.171. The first-order valence-electron chi connectivity index (χ1n) is 6.82. The number of fused-ring (bicyclic) bond motifs is 2. The molecule has 0 saturated carbocycles. The van der Waals surface area contributed by atoms with Gasteiger partial charge < -0.3 is 9.67 Å². The summed E-state index contributed by atoms with van der Waals surface area (Å²) in [5.41, 5.74) is 3.58. The van der Waals surface area contributed by atoms with Gasteiger partial charge in [0.05, 0.1) is 12.4 Å². The van der Waals surface area contributed by atoms with Crippen molar-refractivity contribution in [2.45, 2.75) is 25.0 Å². The molecule has 0 saturated heterocycles. The Morgan fingerprint density at radius 3 is 2.86 bits per heavy atom. The molecule has 0 amide bonds. The summed E-state index contributed by atoms with van der Waals surface area (Å²) in [5.74, 6) is 0.252. The molecule has 0 aliphatic heterocycles. The number of hydrogen-bond acceptors (Lipinski definition) is 4. The molecule has 106 valence electrons. The van der Waals surface area contributed by atoms with Crippen LogP contribution in [-0.4, -0.2) is 24.6 Å². The maximum absolute atomic E-state index is 10.2. The van der Waals surface area contributed by atoms with E-state index in [-0.39, 0.29) is 12.0 Å². The predicted octanol–water partition coefficient (Wildman–Crippen LogP) is 2.70. The minimum absolute atomic E-state index is 0.252. The van der Waals surface area contributed by atoms with Gasteiger partial charge in [-0.3, -0.25) is 0 Å². The standard InChI is InChI=1S/C15H13ClN4O/c16-14-13-15(18-7-17-14)20(8-19-13)6-9-5-12(21)11-4-2-1-3-10(9)11/h1-4,7-9,12,21H,5-6H2/t9-,12-/m0/s1. The number of nitrogens with zero attached hydrogens (tertiary/aromatic N) is 4. The first kappa shape index (κ1) is 12.7. The Kier molecular flexibility index (Phi) is 2.90. The first-order chi connectivity index (χ1) is 10.2. The Morgan fingerprint density at radius 2 is 2.00 bits per heavy atom. The van der Waals surface area contributed by atoms with Crippen LogP contribution in [0.2, 0.25) is 5.15 Å². The van der Waals surface area contributed by atoms with Crippen molar-refractivity contribution in [3.05, 3.63) is 53.2 Å². The average molecular weight is 301 g/mol. The number of benzene rings is 1. The molecule has 1 aliphatic rings. The molecule has 21 heavy (non-hydrogen) atoms. The molecule has 0 bridgehead atoms. The van der Waals surface area contributed by atoms with Crippen LogP contribution in [0.5, 0.6) is 0 Å². The molecule has 5 nitrogen and oxygen atoms in total. The van der Waals surface area contributed by atoms with E-state index in [0.29, 0.717) is 10.7 Å². The van der Waals surface area contributed by atoms with E-state index in [1.165, 1.54) is 11.9 Å². The van der Waals surface area contributed by atoms with Gasteiger partial charge in [-0.05, 0) is 17.5 Å².